The molecule has 3 heteroatoms. The van der Waals surface area contributed by atoms with Crippen molar-refractivity contribution in [1.29, 1.82) is 0 Å². The molecule has 0 aromatic heterocycles. The average molecular weight is 338 g/mol. The molecule has 1 saturated heterocycles. The zero-order chi connectivity index (χ0) is 17.6. The Hall–Kier alpha value is -2.00. The van der Waals surface area contributed by atoms with E-state index in [-0.39, 0.29) is 17.8 Å². The van der Waals surface area contributed by atoms with Crippen LogP contribution in [0.15, 0.2) is 48.5 Å². The number of methoxy groups -OCH3 is 1. The summed E-state index contributed by atoms with van der Waals surface area (Å²) in [5.74, 6) is 2.30. The molecule has 1 fully saturated rings. The monoisotopic (exact) mass is 338 g/mol. The Kier molecular flexibility index (Phi) is 3.99. The Morgan fingerprint density at radius 2 is 1.80 bits per heavy atom. The average Bonchev–Trinajstić information content (AvgIpc) is 2.61. The second kappa shape index (κ2) is 6.06. The first-order valence-corrected chi connectivity index (χ1v) is 9.07. The van der Waals surface area contributed by atoms with Gasteiger partial charge in [0.2, 0.25) is 0 Å². The van der Waals surface area contributed by atoms with Gasteiger partial charge in [-0.1, -0.05) is 42.5 Å². The van der Waals surface area contributed by atoms with Gasteiger partial charge in [-0.2, -0.15) is 0 Å². The first-order chi connectivity index (χ1) is 12.0. The topological polar surface area (TPSA) is 27.7 Å². The molecular weight excluding hydrogens is 312 g/mol. The summed E-state index contributed by atoms with van der Waals surface area (Å²) in [5.41, 5.74) is 2.15. The predicted molar refractivity (Wildman–Crippen MR) is 98.3 cm³/mol. The van der Waals surface area contributed by atoms with Gasteiger partial charge in [-0.15, -0.1) is 0 Å². The van der Waals surface area contributed by atoms with Crippen LogP contribution in [0.3, 0.4) is 0 Å². The van der Waals surface area contributed by atoms with E-state index in [1.807, 2.05) is 12.1 Å². The zero-order valence-electron chi connectivity index (χ0n) is 15.4. The summed E-state index contributed by atoms with van der Waals surface area (Å²) in [6.45, 7) is 6.53. The van der Waals surface area contributed by atoms with Crippen LogP contribution in [0, 0.1) is 5.92 Å². The molecule has 0 spiro atoms. The highest BCUT2D eigenvalue weighted by atomic mass is 16.5. The molecule has 0 bridgehead atoms. The number of rotatable bonds is 2. The number of ether oxygens (including phenoxy) is 3. The zero-order valence-corrected chi connectivity index (χ0v) is 15.4. The van der Waals surface area contributed by atoms with Crippen molar-refractivity contribution < 1.29 is 14.2 Å². The maximum absolute atomic E-state index is 6.58. The quantitative estimate of drug-likeness (QED) is 0.761. The Bertz CT molecular complexity index is 753. The van der Waals surface area contributed by atoms with E-state index in [0.717, 1.165) is 23.5 Å². The second-order valence-electron chi connectivity index (χ2n) is 7.71. The van der Waals surface area contributed by atoms with Crippen LogP contribution in [0.1, 0.15) is 50.3 Å². The summed E-state index contributed by atoms with van der Waals surface area (Å²) in [6, 6.07) is 16.8. The van der Waals surface area contributed by atoms with Crippen molar-refractivity contribution in [2.24, 2.45) is 5.92 Å². The van der Waals surface area contributed by atoms with Crippen molar-refractivity contribution in [1.82, 2.24) is 0 Å². The molecule has 0 radical (unpaired) electrons. The van der Waals surface area contributed by atoms with Gasteiger partial charge < -0.3 is 14.2 Å². The van der Waals surface area contributed by atoms with Gasteiger partial charge in [0.25, 0.3) is 0 Å². The van der Waals surface area contributed by atoms with Gasteiger partial charge in [-0.3, -0.25) is 0 Å². The standard InChI is InChI=1S/C22H26O3/c1-14-17(15-9-6-5-7-10-15)13-18-20(24-14)16-11-8-12-19(23-4)21(16)25-22(18,2)3/h5-12,14,17-18,20H,13H2,1-4H3/t14-,17-,18-,20+/m0/s1. The maximum Gasteiger partial charge on any atom is 0.167 e. The van der Waals surface area contributed by atoms with Crippen LogP contribution in [0.2, 0.25) is 0 Å². The summed E-state index contributed by atoms with van der Waals surface area (Å²) in [6.07, 6.45) is 1.26. The minimum atomic E-state index is -0.306. The van der Waals surface area contributed by atoms with Crippen molar-refractivity contribution in [2.45, 2.75) is 50.9 Å². The lowest BCUT2D eigenvalue weighted by Crippen LogP contribution is -2.50. The summed E-state index contributed by atoms with van der Waals surface area (Å²) < 4.78 is 18.5. The third-order valence-corrected chi connectivity index (χ3v) is 5.82. The van der Waals surface area contributed by atoms with Crippen molar-refractivity contribution in [3.05, 3.63) is 59.7 Å². The minimum absolute atomic E-state index is 0.0452. The van der Waals surface area contributed by atoms with E-state index in [4.69, 9.17) is 14.2 Å². The number of hydrogen-bond donors (Lipinski definition) is 0. The SMILES string of the molecule is COc1cccc2c1OC(C)(C)[C@H]1C[C@H](c3ccccc3)[C@H](C)O[C@H]21. The van der Waals surface area contributed by atoms with Crippen LogP contribution in [0.4, 0.5) is 0 Å². The molecule has 132 valence electrons. The van der Waals surface area contributed by atoms with Crippen LogP contribution in [-0.4, -0.2) is 18.8 Å². The molecule has 4 rings (SSSR count). The molecule has 2 aromatic rings. The smallest absolute Gasteiger partial charge is 0.167 e. The summed E-state index contributed by atoms with van der Waals surface area (Å²) >= 11 is 0. The molecule has 4 atom stereocenters. The molecule has 2 aliphatic heterocycles. The lowest BCUT2D eigenvalue weighted by Gasteiger charge is -2.50. The van der Waals surface area contributed by atoms with Gasteiger partial charge in [0.1, 0.15) is 5.60 Å². The molecule has 0 unspecified atom stereocenters. The summed E-state index contributed by atoms with van der Waals surface area (Å²) in [4.78, 5) is 0. The largest absolute Gasteiger partial charge is 0.493 e. The fourth-order valence-corrected chi connectivity index (χ4v) is 4.42. The molecule has 0 saturated carbocycles. The highest BCUT2D eigenvalue weighted by molar-refractivity contribution is 5.50. The van der Waals surface area contributed by atoms with Crippen molar-refractivity contribution in [3.8, 4) is 11.5 Å². The summed E-state index contributed by atoms with van der Waals surface area (Å²) in [7, 11) is 1.69. The van der Waals surface area contributed by atoms with E-state index in [9.17, 15) is 0 Å². The lowest BCUT2D eigenvalue weighted by atomic mass is 9.70. The number of para-hydroxylation sites is 1. The third-order valence-electron chi connectivity index (χ3n) is 5.82. The van der Waals surface area contributed by atoms with Gasteiger partial charge in [0, 0.05) is 17.4 Å². The molecule has 3 nitrogen and oxygen atoms in total. The first kappa shape index (κ1) is 16.5. The molecule has 25 heavy (non-hydrogen) atoms. The van der Waals surface area contributed by atoms with Gasteiger partial charge in [0.05, 0.1) is 19.3 Å². The van der Waals surface area contributed by atoms with Crippen molar-refractivity contribution in [3.63, 3.8) is 0 Å². The number of fused-ring (bicyclic) bond motifs is 3. The van der Waals surface area contributed by atoms with Crippen LogP contribution in [0.25, 0.3) is 0 Å². The van der Waals surface area contributed by atoms with E-state index in [2.05, 4.69) is 57.2 Å². The van der Waals surface area contributed by atoms with E-state index in [1.54, 1.807) is 7.11 Å². The Labute approximate surface area is 149 Å². The van der Waals surface area contributed by atoms with Crippen molar-refractivity contribution >= 4 is 0 Å². The van der Waals surface area contributed by atoms with E-state index < -0.39 is 0 Å². The molecule has 0 amide bonds. The number of hydrogen-bond acceptors (Lipinski definition) is 3. The lowest BCUT2D eigenvalue weighted by molar-refractivity contribution is -0.153. The Morgan fingerprint density at radius 3 is 2.52 bits per heavy atom. The molecule has 0 N–H and O–H groups in total. The Balaban J connectivity index is 1.74. The molecule has 2 aromatic carbocycles. The molecule has 2 aliphatic rings. The van der Waals surface area contributed by atoms with Crippen LogP contribution >= 0.6 is 0 Å². The molecule has 2 heterocycles. The third kappa shape index (κ3) is 2.71. The van der Waals surface area contributed by atoms with Crippen LogP contribution < -0.4 is 9.47 Å². The highest BCUT2D eigenvalue weighted by Crippen LogP contribution is 2.55. The normalized spacial score (nSPS) is 29.9. The van der Waals surface area contributed by atoms with E-state index >= 15 is 0 Å². The summed E-state index contributed by atoms with van der Waals surface area (Å²) in [5, 5.41) is 0. The van der Waals surface area contributed by atoms with Gasteiger partial charge in [-0.25, -0.2) is 0 Å². The van der Waals surface area contributed by atoms with Crippen molar-refractivity contribution in [2.75, 3.05) is 7.11 Å². The molecule has 0 aliphatic carbocycles. The maximum atomic E-state index is 6.58. The van der Waals surface area contributed by atoms with Gasteiger partial charge in [0.15, 0.2) is 11.5 Å². The highest BCUT2D eigenvalue weighted by Gasteiger charge is 2.50. The van der Waals surface area contributed by atoms with Gasteiger partial charge in [-0.05, 0) is 38.8 Å². The van der Waals surface area contributed by atoms with Crippen LogP contribution in [0.5, 0.6) is 11.5 Å². The van der Waals surface area contributed by atoms with E-state index in [0.29, 0.717) is 11.8 Å². The minimum Gasteiger partial charge on any atom is -0.493 e. The van der Waals surface area contributed by atoms with Gasteiger partial charge >= 0.3 is 0 Å². The number of benzene rings is 2. The molecular formula is C22H26O3. The van der Waals surface area contributed by atoms with E-state index in [1.165, 1.54) is 5.56 Å². The Morgan fingerprint density at radius 1 is 1.04 bits per heavy atom. The fourth-order valence-electron chi connectivity index (χ4n) is 4.42. The van der Waals surface area contributed by atoms with Crippen LogP contribution in [-0.2, 0) is 4.74 Å². The fraction of sp³-hybridized carbons (Fsp3) is 0.455. The predicted octanol–water partition coefficient (Wildman–Crippen LogP) is 5.12. The first-order valence-electron chi connectivity index (χ1n) is 9.07. The second-order valence-corrected chi connectivity index (χ2v) is 7.71.